The highest BCUT2D eigenvalue weighted by molar-refractivity contribution is 5.85. The van der Waals surface area contributed by atoms with Crippen LogP contribution in [0.5, 0.6) is 11.5 Å². The smallest absolute Gasteiger partial charge is 0.328 e. The highest BCUT2D eigenvalue weighted by atomic mass is 16.5. The molecule has 2 aromatic rings. The molecule has 19 heavy (non-hydrogen) atoms. The predicted molar refractivity (Wildman–Crippen MR) is 74.4 cm³/mol. The van der Waals surface area contributed by atoms with Gasteiger partial charge in [-0.25, -0.2) is 4.79 Å². The Balaban J connectivity index is 2.08. The van der Waals surface area contributed by atoms with E-state index in [0.29, 0.717) is 0 Å². The lowest BCUT2D eigenvalue weighted by atomic mass is 10.2. The maximum atomic E-state index is 10.4. The van der Waals surface area contributed by atoms with Crippen molar-refractivity contribution in [2.75, 3.05) is 0 Å². The highest BCUT2D eigenvalue weighted by Gasteiger charge is 1.97. The lowest BCUT2D eigenvalue weighted by Gasteiger charge is -2.06. The van der Waals surface area contributed by atoms with Gasteiger partial charge in [-0.1, -0.05) is 24.3 Å². The summed E-state index contributed by atoms with van der Waals surface area (Å²) in [5.41, 5.74) is 1.96. The average Bonchev–Trinajstić information content (AvgIpc) is 2.38. The third kappa shape index (κ3) is 4.00. The SMILES string of the molecule is Cc1cccc(Oc2ccc(C=CC(=O)O)cc2)c1. The van der Waals surface area contributed by atoms with Crippen LogP contribution in [-0.2, 0) is 4.79 Å². The summed E-state index contributed by atoms with van der Waals surface area (Å²) in [6, 6.07) is 15.0. The summed E-state index contributed by atoms with van der Waals surface area (Å²) in [6.45, 7) is 2.01. The fourth-order valence-electron chi connectivity index (χ4n) is 1.63. The van der Waals surface area contributed by atoms with Gasteiger partial charge in [0.15, 0.2) is 0 Å². The first-order chi connectivity index (χ1) is 9.13. The zero-order chi connectivity index (χ0) is 13.7. The number of carboxylic acid groups (broad SMARTS) is 1. The number of carbonyl (C=O) groups is 1. The molecule has 0 spiro atoms. The molecule has 3 nitrogen and oxygen atoms in total. The van der Waals surface area contributed by atoms with Crippen LogP contribution in [0.2, 0.25) is 0 Å². The number of hydrogen-bond donors (Lipinski definition) is 1. The third-order valence-electron chi connectivity index (χ3n) is 2.52. The minimum absolute atomic E-state index is 0.720. The minimum Gasteiger partial charge on any atom is -0.478 e. The summed E-state index contributed by atoms with van der Waals surface area (Å²) >= 11 is 0. The monoisotopic (exact) mass is 254 g/mol. The van der Waals surface area contributed by atoms with E-state index in [4.69, 9.17) is 9.84 Å². The number of aryl methyl sites for hydroxylation is 1. The molecule has 0 amide bonds. The molecule has 96 valence electrons. The van der Waals surface area contributed by atoms with Crippen LogP contribution in [-0.4, -0.2) is 11.1 Å². The van der Waals surface area contributed by atoms with Gasteiger partial charge in [0.2, 0.25) is 0 Å². The van der Waals surface area contributed by atoms with E-state index >= 15 is 0 Å². The largest absolute Gasteiger partial charge is 0.478 e. The van der Waals surface area contributed by atoms with E-state index in [-0.39, 0.29) is 0 Å². The van der Waals surface area contributed by atoms with Crippen molar-refractivity contribution in [1.29, 1.82) is 0 Å². The quantitative estimate of drug-likeness (QED) is 0.842. The molecule has 0 aromatic heterocycles. The molecule has 0 aliphatic heterocycles. The molecule has 0 aliphatic carbocycles. The molecule has 0 atom stereocenters. The Hall–Kier alpha value is -2.55. The fourth-order valence-corrected chi connectivity index (χ4v) is 1.63. The zero-order valence-corrected chi connectivity index (χ0v) is 10.5. The normalized spacial score (nSPS) is 10.6. The Bertz CT molecular complexity index is 598. The van der Waals surface area contributed by atoms with E-state index in [2.05, 4.69) is 0 Å². The molecule has 2 rings (SSSR count). The fraction of sp³-hybridized carbons (Fsp3) is 0.0625. The lowest BCUT2D eigenvalue weighted by Crippen LogP contribution is -1.86. The number of carboxylic acids is 1. The van der Waals surface area contributed by atoms with Crippen molar-refractivity contribution in [3.8, 4) is 11.5 Å². The first kappa shape index (κ1) is 12.9. The van der Waals surface area contributed by atoms with Crippen molar-refractivity contribution in [1.82, 2.24) is 0 Å². The van der Waals surface area contributed by atoms with Crippen LogP contribution in [0.3, 0.4) is 0 Å². The molecule has 1 N–H and O–H groups in total. The van der Waals surface area contributed by atoms with E-state index in [0.717, 1.165) is 28.7 Å². The Kier molecular flexibility index (Phi) is 3.98. The zero-order valence-electron chi connectivity index (χ0n) is 10.5. The van der Waals surface area contributed by atoms with Gasteiger partial charge in [-0.05, 0) is 48.4 Å². The number of ether oxygens (including phenoxy) is 1. The van der Waals surface area contributed by atoms with E-state index in [9.17, 15) is 4.79 Å². The predicted octanol–water partition coefficient (Wildman–Crippen LogP) is 3.89. The molecule has 0 bridgehead atoms. The molecular formula is C16H14O3. The van der Waals surface area contributed by atoms with Crippen molar-refractivity contribution in [3.05, 3.63) is 65.7 Å². The van der Waals surface area contributed by atoms with Crippen LogP contribution in [0.25, 0.3) is 6.08 Å². The summed E-state index contributed by atoms with van der Waals surface area (Å²) in [5.74, 6) is 0.548. The summed E-state index contributed by atoms with van der Waals surface area (Å²) in [5, 5.41) is 8.54. The molecule has 0 saturated carbocycles. The standard InChI is InChI=1S/C16H14O3/c1-12-3-2-4-15(11-12)19-14-8-5-13(6-9-14)7-10-16(17)18/h2-11H,1H3,(H,17,18). The lowest BCUT2D eigenvalue weighted by molar-refractivity contribution is -0.131. The molecule has 3 heteroatoms. The van der Waals surface area contributed by atoms with Gasteiger partial charge < -0.3 is 9.84 Å². The number of benzene rings is 2. The van der Waals surface area contributed by atoms with Crippen LogP contribution >= 0.6 is 0 Å². The van der Waals surface area contributed by atoms with Crippen LogP contribution < -0.4 is 4.74 Å². The summed E-state index contributed by atoms with van der Waals surface area (Å²) in [4.78, 5) is 10.4. The van der Waals surface area contributed by atoms with E-state index in [1.165, 1.54) is 0 Å². The first-order valence-electron chi connectivity index (χ1n) is 5.89. The third-order valence-corrected chi connectivity index (χ3v) is 2.52. The maximum absolute atomic E-state index is 10.4. The van der Waals surface area contributed by atoms with Gasteiger partial charge in [0.05, 0.1) is 0 Å². The second-order valence-electron chi connectivity index (χ2n) is 4.16. The summed E-state index contributed by atoms with van der Waals surface area (Å²) in [6.07, 6.45) is 2.65. The van der Waals surface area contributed by atoms with Gasteiger partial charge in [0, 0.05) is 6.08 Å². The maximum Gasteiger partial charge on any atom is 0.328 e. The topological polar surface area (TPSA) is 46.5 Å². The molecule has 2 aromatic carbocycles. The van der Waals surface area contributed by atoms with Crippen LogP contribution in [0.4, 0.5) is 0 Å². The van der Waals surface area contributed by atoms with Crippen molar-refractivity contribution in [2.45, 2.75) is 6.92 Å². The molecule has 0 radical (unpaired) electrons. The molecule has 0 saturated heterocycles. The van der Waals surface area contributed by atoms with Gasteiger partial charge in [-0.3, -0.25) is 0 Å². The second kappa shape index (κ2) is 5.87. The summed E-state index contributed by atoms with van der Waals surface area (Å²) in [7, 11) is 0. The Morgan fingerprint density at radius 2 is 1.84 bits per heavy atom. The van der Waals surface area contributed by atoms with E-state index in [1.54, 1.807) is 6.08 Å². The number of rotatable bonds is 4. The van der Waals surface area contributed by atoms with Gasteiger partial charge in [0.25, 0.3) is 0 Å². The van der Waals surface area contributed by atoms with Crippen molar-refractivity contribution in [3.63, 3.8) is 0 Å². The van der Waals surface area contributed by atoms with Gasteiger partial charge in [-0.2, -0.15) is 0 Å². The van der Waals surface area contributed by atoms with Crippen LogP contribution in [0.1, 0.15) is 11.1 Å². The number of hydrogen-bond acceptors (Lipinski definition) is 2. The van der Waals surface area contributed by atoms with Gasteiger partial charge in [-0.15, -0.1) is 0 Å². The van der Waals surface area contributed by atoms with E-state index < -0.39 is 5.97 Å². The minimum atomic E-state index is -0.958. The molecule has 0 aliphatic rings. The van der Waals surface area contributed by atoms with Gasteiger partial charge >= 0.3 is 5.97 Å². The molecule has 0 heterocycles. The molecule has 0 unspecified atom stereocenters. The average molecular weight is 254 g/mol. The Morgan fingerprint density at radius 1 is 1.11 bits per heavy atom. The van der Waals surface area contributed by atoms with E-state index in [1.807, 2.05) is 55.5 Å². The Labute approximate surface area is 111 Å². The molecular weight excluding hydrogens is 240 g/mol. The molecule has 0 fully saturated rings. The van der Waals surface area contributed by atoms with Crippen LogP contribution in [0.15, 0.2) is 54.6 Å². The Morgan fingerprint density at radius 3 is 2.47 bits per heavy atom. The van der Waals surface area contributed by atoms with Crippen molar-refractivity contribution < 1.29 is 14.6 Å². The second-order valence-corrected chi connectivity index (χ2v) is 4.16. The van der Waals surface area contributed by atoms with Crippen molar-refractivity contribution in [2.24, 2.45) is 0 Å². The number of aliphatic carboxylic acids is 1. The summed E-state index contributed by atoms with van der Waals surface area (Å²) < 4.78 is 5.70. The van der Waals surface area contributed by atoms with Crippen LogP contribution in [0, 0.1) is 6.92 Å². The van der Waals surface area contributed by atoms with Crippen molar-refractivity contribution >= 4 is 12.0 Å². The highest BCUT2D eigenvalue weighted by Crippen LogP contribution is 2.22. The van der Waals surface area contributed by atoms with Gasteiger partial charge in [0.1, 0.15) is 11.5 Å². The first-order valence-corrected chi connectivity index (χ1v) is 5.89.